The molecule has 0 aliphatic carbocycles. The molecule has 3 heterocycles. The molecule has 1 atom stereocenters. The van der Waals surface area contributed by atoms with Crippen LogP contribution in [0.2, 0.25) is 0 Å². The van der Waals surface area contributed by atoms with Gasteiger partial charge in [-0.3, -0.25) is 14.7 Å². The zero-order valence-electron chi connectivity index (χ0n) is 16.1. The van der Waals surface area contributed by atoms with Crippen molar-refractivity contribution in [3.63, 3.8) is 0 Å². The molecule has 1 spiro atoms. The maximum absolute atomic E-state index is 12.3. The van der Waals surface area contributed by atoms with Crippen LogP contribution in [0, 0.1) is 6.92 Å². The summed E-state index contributed by atoms with van der Waals surface area (Å²) in [6, 6.07) is 10.4. The lowest BCUT2D eigenvalue weighted by Crippen LogP contribution is -2.57. The standard InChI is InChI=1S/C22H27N3O2/c1-17-4-5-21-20(12-17)14-25(18(2)26)16-22(27-21)8-3-11-24(15-22)13-19-6-9-23-10-7-19/h4-7,9-10,12H,3,8,11,13-16H2,1-2H3/t22-/m0/s1. The molecule has 2 aliphatic rings. The lowest BCUT2D eigenvalue weighted by atomic mass is 9.91. The number of likely N-dealkylation sites (tertiary alicyclic amines) is 1. The van der Waals surface area contributed by atoms with Gasteiger partial charge in [-0.2, -0.15) is 0 Å². The average Bonchev–Trinajstić information content (AvgIpc) is 2.79. The molecule has 1 aromatic heterocycles. The van der Waals surface area contributed by atoms with Crippen LogP contribution in [0.25, 0.3) is 0 Å². The smallest absolute Gasteiger partial charge is 0.219 e. The van der Waals surface area contributed by atoms with E-state index in [2.05, 4.69) is 47.1 Å². The van der Waals surface area contributed by atoms with Crippen LogP contribution in [-0.2, 0) is 17.9 Å². The molecule has 1 saturated heterocycles. The van der Waals surface area contributed by atoms with Gasteiger partial charge in [0.25, 0.3) is 0 Å². The monoisotopic (exact) mass is 365 g/mol. The van der Waals surface area contributed by atoms with Crippen molar-refractivity contribution >= 4 is 5.91 Å². The third kappa shape index (κ3) is 3.98. The van der Waals surface area contributed by atoms with Gasteiger partial charge in [-0.05, 0) is 50.1 Å². The minimum absolute atomic E-state index is 0.110. The van der Waals surface area contributed by atoms with Gasteiger partial charge >= 0.3 is 0 Å². The number of nitrogens with zero attached hydrogens (tertiary/aromatic N) is 3. The summed E-state index contributed by atoms with van der Waals surface area (Å²) in [5, 5.41) is 0. The Balaban J connectivity index is 1.61. The van der Waals surface area contributed by atoms with E-state index < -0.39 is 0 Å². The Labute approximate surface area is 161 Å². The van der Waals surface area contributed by atoms with E-state index in [1.165, 1.54) is 11.1 Å². The zero-order chi connectivity index (χ0) is 18.9. The summed E-state index contributed by atoms with van der Waals surface area (Å²) in [6.45, 7) is 7.76. The predicted octanol–water partition coefficient (Wildman–Crippen LogP) is 3.17. The molecule has 0 bridgehead atoms. The second-order valence-corrected chi connectivity index (χ2v) is 7.94. The van der Waals surface area contributed by atoms with Gasteiger partial charge in [0.1, 0.15) is 11.4 Å². The Hall–Kier alpha value is -2.40. The molecule has 27 heavy (non-hydrogen) atoms. The van der Waals surface area contributed by atoms with E-state index in [0.29, 0.717) is 13.1 Å². The first-order valence-electron chi connectivity index (χ1n) is 9.68. The summed E-state index contributed by atoms with van der Waals surface area (Å²) < 4.78 is 6.64. The summed E-state index contributed by atoms with van der Waals surface area (Å²) in [5.74, 6) is 1.04. The normalized spacial score (nSPS) is 22.8. The van der Waals surface area contributed by atoms with E-state index in [1.54, 1.807) is 6.92 Å². The van der Waals surface area contributed by atoms with Gasteiger partial charge < -0.3 is 9.64 Å². The van der Waals surface area contributed by atoms with Crippen LogP contribution in [-0.4, -0.2) is 45.9 Å². The van der Waals surface area contributed by atoms with Crippen molar-refractivity contribution in [3.05, 3.63) is 59.4 Å². The first kappa shape index (κ1) is 18.0. The van der Waals surface area contributed by atoms with E-state index in [-0.39, 0.29) is 11.5 Å². The fourth-order valence-corrected chi connectivity index (χ4v) is 4.31. The SMILES string of the molecule is CC(=O)N1Cc2cc(C)ccc2O[C@]2(CCCN(Cc3ccncc3)C2)C1. The number of fused-ring (bicyclic) bond motifs is 1. The predicted molar refractivity (Wildman–Crippen MR) is 104 cm³/mol. The largest absolute Gasteiger partial charge is 0.484 e. The molecule has 1 amide bonds. The molecular weight excluding hydrogens is 338 g/mol. The minimum atomic E-state index is -0.350. The first-order chi connectivity index (χ1) is 13.0. The van der Waals surface area contributed by atoms with Crippen molar-refractivity contribution in [2.24, 2.45) is 0 Å². The highest BCUT2D eigenvalue weighted by atomic mass is 16.5. The van der Waals surface area contributed by atoms with Crippen LogP contribution in [0.15, 0.2) is 42.7 Å². The van der Waals surface area contributed by atoms with Crippen molar-refractivity contribution in [1.82, 2.24) is 14.8 Å². The number of piperidine rings is 1. The second-order valence-electron chi connectivity index (χ2n) is 7.94. The Kier molecular flexibility index (Phi) is 4.87. The highest BCUT2D eigenvalue weighted by molar-refractivity contribution is 5.73. The summed E-state index contributed by atoms with van der Waals surface area (Å²) in [4.78, 5) is 20.8. The van der Waals surface area contributed by atoms with Crippen LogP contribution in [0.1, 0.15) is 36.5 Å². The van der Waals surface area contributed by atoms with Crippen molar-refractivity contribution in [3.8, 4) is 5.75 Å². The van der Waals surface area contributed by atoms with Crippen molar-refractivity contribution in [1.29, 1.82) is 0 Å². The Morgan fingerprint density at radius 3 is 2.81 bits per heavy atom. The third-order valence-corrected chi connectivity index (χ3v) is 5.60. The van der Waals surface area contributed by atoms with Crippen LogP contribution in [0.5, 0.6) is 5.75 Å². The van der Waals surface area contributed by atoms with Gasteiger partial charge in [0, 0.05) is 44.5 Å². The summed E-state index contributed by atoms with van der Waals surface area (Å²) in [5.41, 5.74) is 3.21. The minimum Gasteiger partial charge on any atom is -0.484 e. The second kappa shape index (κ2) is 7.31. The number of rotatable bonds is 2. The topological polar surface area (TPSA) is 45.7 Å². The summed E-state index contributed by atoms with van der Waals surface area (Å²) in [7, 11) is 0. The molecule has 5 nitrogen and oxygen atoms in total. The number of ether oxygens (including phenoxy) is 1. The molecule has 5 heteroatoms. The molecular formula is C22H27N3O2. The molecule has 4 rings (SSSR count). The number of amides is 1. The van der Waals surface area contributed by atoms with Gasteiger partial charge in [0.15, 0.2) is 0 Å². The van der Waals surface area contributed by atoms with Gasteiger partial charge in [0.05, 0.1) is 6.54 Å². The lowest BCUT2D eigenvalue weighted by molar-refractivity contribution is -0.133. The number of aromatic nitrogens is 1. The Morgan fingerprint density at radius 2 is 2.04 bits per heavy atom. The van der Waals surface area contributed by atoms with Crippen LogP contribution < -0.4 is 4.74 Å². The fourth-order valence-electron chi connectivity index (χ4n) is 4.31. The molecule has 2 aromatic rings. The molecule has 0 saturated carbocycles. The number of hydrogen-bond donors (Lipinski definition) is 0. The Bertz CT molecular complexity index is 824. The van der Waals surface area contributed by atoms with E-state index in [9.17, 15) is 4.79 Å². The van der Waals surface area contributed by atoms with E-state index in [0.717, 1.165) is 43.8 Å². The van der Waals surface area contributed by atoms with Crippen molar-refractivity contribution < 1.29 is 9.53 Å². The van der Waals surface area contributed by atoms with Gasteiger partial charge in [-0.15, -0.1) is 0 Å². The number of carbonyl (C=O) groups is 1. The molecule has 0 radical (unpaired) electrons. The van der Waals surface area contributed by atoms with Crippen LogP contribution in [0.3, 0.4) is 0 Å². The molecule has 1 fully saturated rings. The number of carbonyl (C=O) groups excluding carboxylic acids is 1. The number of pyridine rings is 1. The van der Waals surface area contributed by atoms with Crippen LogP contribution in [0.4, 0.5) is 0 Å². The van der Waals surface area contributed by atoms with Gasteiger partial charge in [-0.1, -0.05) is 17.7 Å². The molecule has 142 valence electrons. The van der Waals surface area contributed by atoms with E-state index in [4.69, 9.17) is 4.74 Å². The summed E-state index contributed by atoms with van der Waals surface area (Å²) in [6.07, 6.45) is 5.72. The van der Waals surface area contributed by atoms with Crippen LogP contribution >= 0.6 is 0 Å². The lowest BCUT2D eigenvalue weighted by Gasteiger charge is -2.43. The highest BCUT2D eigenvalue weighted by Gasteiger charge is 2.42. The maximum atomic E-state index is 12.3. The van der Waals surface area contributed by atoms with Gasteiger partial charge in [-0.25, -0.2) is 0 Å². The van der Waals surface area contributed by atoms with Crippen molar-refractivity contribution in [2.75, 3.05) is 19.6 Å². The summed E-state index contributed by atoms with van der Waals surface area (Å²) >= 11 is 0. The molecule has 0 N–H and O–H groups in total. The van der Waals surface area contributed by atoms with Crippen molar-refractivity contribution in [2.45, 2.75) is 45.4 Å². The quantitative estimate of drug-likeness (QED) is 0.820. The van der Waals surface area contributed by atoms with Gasteiger partial charge in [0.2, 0.25) is 5.91 Å². The Morgan fingerprint density at radius 1 is 1.22 bits per heavy atom. The van der Waals surface area contributed by atoms with E-state index >= 15 is 0 Å². The number of aryl methyl sites for hydroxylation is 1. The highest BCUT2D eigenvalue weighted by Crippen LogP contribution is 2.35. The fraction of sp³-hybridized carbons (Fsp3) is 0.455. The zero-order valence-corrected chi connectivity index (χ0v) is 16.1. The number of benzene rings is 1. The molecule has 0 unspecified atom stereocenters. The molecule has 1 aromatic carbocycles. The first-order valence-corrected chi connectivity index (χ1v) is 9.68. The molecule has 2 aliphatic heterocycles. The third-order valence-electron chi connectivity index (χ3n) is 5.60. The van der Waals surface area contributed by atoms with E-state index in [1.807, 2.05) is 17.3 Å². The maximum Gasteiger partial charge on any atom is 0.219 e. The number of hydrogen-bond acceptors (Lipinski definition) is 4. The average molecular weight is 365 g/mol.